The fourth-order valence-corrected chi connectivity index (χ4v) is 2.37. The van der Waals surface area contributed by atoms with Crippen LogP contribution in [0, 0.1) is 6.92 Å². The van der Waals surface area contributed by atoms with E-state index in [4.69, 9.17) is 21.1 Å². The number of carbonyl (C=O) groups excluding carboxylic acids is 2. The summed E-state index contributed by atoms with van der Waals surface area (Å²) in [6.07, 6.45) is -0.123. The van der Waals surface area contributed by atoms with Crippen LogP contribution in [0.1, 0.15) is 18.1 Å². The van der Waals surface area contributed by atoms with Crippen molar-refractivity contribution in [2.75, 3.05) is 13.2 Å². The number of hydrogen-bond acceptors (Lipinski definition) is 4. The van der Waals surface area contributed by atoms with E-state index in [-0.39, 0.29) is 12.5 Å². The molecule has 0 bridgehead atoms. The lowest BCUT2D eigenvalue weighted by Gasteiger charge is -2.14. The van der Waals surface area contributed by atoms with E-state index in [1.165, 1.54) is 0 Å². The highest BCUT2D eigenvalue weighted by Gasteiger charge is 2.17. The molecule has 2 aromatic rings. The van der Waals surface area contributed by atoms with Crippen LogP contribution in [-0.4, -0.2) is 31.1 Å². The lowest BCUT2D eigenvalue weighted by atomic mass is 10.1. The summed E-state index contributed by atoms with van der Waals surface area (Å²) in [5, 5.41) is 3.38. The van der Waals surface area contributed by atoms with Crippen LogP contribution in [0.15, 0.2) is 48.5 Å². The van der Waals surface area contributed by atoms with Gasteiger partial charge in [-0.15, -0.1) is 0 Å². The fraction of sp³-hybridized carbons (Fsp3) is 0.300. The average molecular weight is 376 g/mol. The largest absolute Gasteiger partial charge is 0.479 e. The standard InChI is InChI=1S/C20H22ClNO4/c1-14-4-3-5-18(12-14)26-15(2)20(24)25-13-19(23)22-11-10-16-6-8-17(21)9-7-16/h3-9,12,15H,10-11,13H2,1-2H3,(H,22,23)/t15-/m0/s1. The molecule has 0 radical (unpaired) electrons. The minimum atomic E-state index is -0.793. The number of ether oxygens (including phenoxy) is 2. The van der Waals surface area contributed by atoms with Crippen LogP contribution in [0.2, 0.25) is 5.02 Å². The number of aryl methyl sites for hydroxylation is 1. The number of hydrogen-bond donors (Lipinski definition) is 1. The molecule has 0 fully saturated rings. The van der Waals surface area contributed by atoms with E-state index < -0.39 is 12.1 Å². The summed E-state index contributed by atoms with van der Waals surface area (Å²) < 4.78 is 10.5. The molecule has 5 nitrogen and oxygen atoms in total. The van der Waals surface area contributed by atoms with Gasteiger partial charge in [0.2, 0.25) is 0 Å². The van der Waals surface area contributed by atoms with E-state index in [2.05, 4.69) is 5.32 Å². The van der Waals surface area contributed by atoms with Gasteiger partial charge in [0.05, 0.1) is 0 Å². The Labute approximate surface area is 158 Å². The van der Waals surface area contributed by atoms with Crippen molar-refractivity contribution in [2.24, 2.45) is 0 Å². The predicted octanol–water partition coefficient (Wildman–Crippen LogP) is 3.32. The Morgan fingerprint density at radius 1 is 1.15 bits per heavy atom. The second-order valence-corrected chi connectivity index (χ2v) is 6.35. The van der Waals surface area contributed by atoms with Gasteiger partial charge in [-0.25, -0.2) is 4.79 Å². The Morgan fingerprint density at radius 3 is 2.58 bits per heavy atom. The zero-order chi connectivity index (χ0) is 18.9. The molecule has 6 heteroatoms. The van der Waals surface area contributed by atoms with Gasteiger partial charge in [0, 0.05) is 11.6 Å². The van der Waals surface area contributed by atoms with Gasteiger partial charge in [-0.05, 0) is 55.7 Å². The topological polar surface area (TPSA) is 64.6 Å². The van der Waals surface area contributed by atoms with Crippen molar-refractivity contribution < 1.29 is 19.1 Å². The summed E-state index contributed by atoms with van der Waals surface area (Å²) in [6, 6.07) is 14.8. The molecule has 0 saturated carbocycles. The van der Waals surface area contributed by atoms with Gasteiger partial charge < -0.3 is 14.8 Å². The van der Waals surface area contributed by atoms with Crippen molar-refractivity contribution in [2.45, 2.75) is 26.4 Å². The lowest BCUT2D eigenvalue weighted by molar-refractivity contribution is -0.154. The van der Waals surface area contributed by atoms with Crippen molar-refractivity contribution in [3.05, 3.63) is 64.7 Å². The molecule has 0 aromatic heterocycles. The summed E-state index contributed by atoms with van der Waals surface area (Å²) in [5.41, 5.74) is 2.09. The average Bonchev–Trinajstić information content (AvgIpc) is 2.61. The van der Waals surface area contributed by atoms with Crippen LogP contribution < -0.4 is 10.1 Å². The quantitative estimate of drug-likeness (QED) is 0.719. The minimum absolute atomic E-state index is 0.332. The van der Waals surface area contributed by atoms with Gasteiger partial charge in [-0.3, -0.25) is 4.79 Å². The summed E-state index contributed by atoms with van der Waals surface area (Å²) in [5.74, 6) is -0.351. The maximum absolute atomic E-state index is 11.9. The molecule has 2 aromatic carbocycles. The molecule has 0 heterocycles. The number of nitrogens with one attached hydrogen (secondary N) is 1. The third-order valence-corrected chi connectivity index (χ3v) is 3.88. The highest BCUT2D eigenvalue weighted by Crippen LogP contribution is 2.14. The highest BCUT2D eigenvalue weighted by atomic mass is 35.5. The smallest absolute Gasteiger partial charge is 0.347 e. The maximum Gasteiger partial charge on any atom is 0.347 e. The third-order valence-electron chi connectivity index (χ3n) is 3.63. The summed E-state index contributed by atoms with van der Waals surface area (Å²) in [6.45, 7) is 3.64. The van der Waals surface area contributed by atoms with Gasteiger partial charge in [-0.2, -0.15) is 0 Å². The van der Waals surface area contributed by atoms with Gasteiger partial charge in [0.15, 0.2) is 12.7 Å². The Bertz CT molecular complexity index is 746. The first-order valence-corrected chi connectivity index (χ1v) is 8.73. The zero-order valence-corrected chi connectivity index (χ0v) is 15.6. The van der Waals surface area contributed by atoms with E-state index >= 15 is 0 Å². The predicted molar refractivity (Wildman–Crippen MR) is 100 cm³/mol. The zero-order valence-electron chi connectivity index (χ0n) is 14.8. The molecule has 26 heavy (non-hydrogen) atoms. The first kappa shape index (κ1) is 19.8. The molecular formula is C20H22ClNO4. The van der Waals surface area contributed by atoms with E-state index in [9.17, 15) is 9.59 Å². The normalized spacial score (nSPS) is 11.5. The molecule has 138 valence electrons. The van der Waals surface area contributed by atoms with Crippen LogP contribution in [-0.2, 0) is 20.7 Å². The van der Waals surface area contributed by atoms with E-state index in [1.54, 1.807) is 25.1 Å². The van der Waals surface area contributed by atoms with Crippen LogP contribution in [0.4, 0.5) is 0 Å². The number of amides is 1. The van der Waals surface area contributed by atoms with Crippen molar-refractivity contribution in [1.29, 1.82) is 0 Å². The molecule has 1 amide bonds. The fourth-order valence-electron chi connectivity index (χ4n) is 2.24. The Kier molecular flexibility index (Phi) is 7.48. The summed E-state index contributed by atoms with van der Waals surface area (Å²) in [4.78, 5) is 23.7. The Hall–Kier alpha value is -2.53. The Balaban J connectivity index is 1.67. The molecule has 0 unspecified atom stereocenters. The SMILES string of the molecule is Cc1cccc(O[C@@H](C)C(=O)OCC(=O)NCCc2ccc(Cl)cc2)c1. The van der Waals surface area contributed by atoms with E-state index in [1.807, 2.05) is 37.3 Å². The second kappa shape index (κ2) is 9.82. The Morgan fingerprint density at radius 2 is 1.88 bits per heavy atom. The highest BCUT2D eigenvalue weighted by molar-refractivity contribution is 6.30. The number of benzene rings is 2. The minimum Gasteiger partial charge on any atom is -0.479 e. The van der Waals surface area contributed by atoms with Crippen LogP contribution in [0.25, 0.3) is 0 Å². The monoisotopic (exact) mass is 375 g/mol. The van der Waals surface area contributed by atoms with Gasteiger partial charge in [-0.1, -0.05) is 35.9 Å². The molecule has 2 rings (SSSR count). The van der Waals surface area contributed by atoms with Crippen molar-refractivity contribution in [3.8, 4) is 5.75 Å². The molecule has 0 saturated heterocycles. The molecule has 0 aliphatic carbocycles. The van der Waals surface area contributed by atoms with Gasteiger partial charge in [0.1, 0.15) is 5.75 Å². The number of halogens is 1. The number of carbonyl (C=O) groups is 2. The van der Waals surface area contributed by atoms with Crippen molar-refractivity contribution in [1.82, 2.24) is 5.32 Å². The van der Waals surface area contributed by atoms with Crippen molar-refractivity contribution in [3.63, 3.8) is 0 Å². The van der Waals surface area contributed by atoms with Crippen LogP contribution >= 0.6 is 11.6 Å². The molecule has 0 spiro atoms. The maximum atomic E-state index is 11.9. The van der Waals surface area contributed by atoms with E-state index in [0.29, 0.717) is 23.7 Å². The molecule has 1 N–H and O–H groups in total. The molecule has 1 atom stereocenters. The molecule has 0 aliphatic heterocycles. The first-order chi connectivity index (χ1) is 12.4. The van der Waals surface area contributed by atoms with Gasteiger partial charge >= 0.3 is 5.97 Å². The van der Waals surface area contributed by atoms with E-state index in [0.717, 1.165) is 11.1 Å². The number of rotatable bonds is 8. The van der Waals surface area contributed by atoms with Crippen LogP contribution in [0.3, 0.4) is 0 Å². The lowest BCUT2D eigenvalue weighted by Crippen LogP contribution is -2.33. The molecule has 0 aliphatic rings. The summed E-state index contributed by atoms with van der Waals surface area (Å²) >= 11 is 5.82. The second-order valence-electron chi connectivity index (χ2n) is 5.91. The summed E-state index contributed by atoms with van der Waals surface area (Å²) in [7, 11) is 0. The molecular weight excluding hydrogens is 354 g/mol. The number of esters is 1. The first-order valence-electron chi connectivity index (χ1n) is 8.35. The third kappa shape index (κ3) is 6.76. The van der Waals surface area contributed by atoms with Gasteiger partial charge in [0.25, 0.3) is 5.91 Å². The van der Waals surface area contributed by atoms with Crippen LogP contribution in [0.5, 0.6) is 5.75 Å². The van der Waals surface area contributed by atoms with Crippen molar-refractivity contribution >= 4 is 23.5 Å².